The van der Waals surface area contributed by atoms with E-state index in [-0.39, 0.29) is 0 Å². The Balaban J connectivity index is 1.58. The van der Waals surface area contributed by atoms with Gasteiger partial charge in [0.05, 0.1) is 11.0 Å². The lowest BCUT2D eigenvalue weighted by molar-refractivity contribution is 1.18. The first-order valence-corrected chi connectivity index (χ1v) is 11.6. The first kappa shape index (κ1) is 18.0. The number of benzene rings is 6. The summed E-state index contributed by atoms with van der Waals surface area (Å²) in [5, 5.41) is 7.78. The molecule has 1 aromatic heterocycles. The minimum absolute atomic E-state index is 1.11. The Labute approximate surface area is 194 Å². The van der Waals surface area contributed by atoms with Gasteiger partial charge >= 0.3 is 0 Å². The molecule has 1 heterocycles. The van der Waals surface area contributed by atoms with Crippen molar-refractivity contribution in [1.29, 1.82) is 0 Å². The van der Waals surface area contributed by atoms with E-state index in [1.165, 1.54) is 60.2 Å². The van der Waals surface area contributed by atoms with Gasteiger partial charge in [-0.25, -0.2) is 0 Å². The molecule has 0 spiro atoms. The molecule has 7 rings (SSSR count). The number of aromatic nitrogens is 1. The van der Waals surface area contributed by atoms with Crippen LogP contribution in [-0.4, -0.2) is 4.57 Å². The molecule has 150 valence electrons. The molecule has 2 heteroatoms. The maximum atomic E-state index is 3.59. The highest BCUT2D eigenvalue weighted by molar-refractivity contribution is 9.10. The van der Waals surface area contributed by atoms with Crippen LogP contribution in [0.25, 0.3) is 60.2 Å². The van der Waals surface area contributed by atoms with Crippen molar-refractivity contribution in [2.24, 2.45) is 0 Å². The van der Waals surface area contributed by atoms with Crippen LogP contribution in [0.1, 0.15) is 0 Å². The van der Waals surface area contributed by atoms with E-state index in [1.807, 2.05) is 0 Å². The normalized spacial score (nSPS) is 11.9. The van der Waals surface area contributed by atoms with Crippen LogP contribution in [0.5, 0.6) is 0 Å². The van der Waals surface area contributed by atoms with Gasteiger partial charge in [-0.05, 0) is 75.1 Å². The molecule has 0 aliphatic rings. The summed E-state index contributed by atoms with van der Waals surface area (Å²) in [7, 11) is 0. The Hall–Kier alpha value is -3.62. The molecular weight excluding hydrogens is 454 g/mol. The molecule has 1 nitrogen and oxygen atoms in total. The third kappa shape index (κ3) is 2.50. The summed E-state index contributed by atoms with van der Waals surface area (Å²) in [5.74, 6) is 0. The molecule has 6 aromatic carbocycles. The molecular formula is C30H18BrN. The van der Waals surface area contributed by atoms with Crippen LogP contribution in [0.3, 0.4) is 0 Å². The number of fused-ring (bicyclic) bond motifs is 1. The molecule has 0 saturated carbocycles. The van der Waals surface area contributed by atoms with Gasteiger partial charge in [0.15, 0.2) is 0 Å². The summed E-state index contributed by atoms with van der Waals surface area (Å²) >= 11 is 3.59. The molecule has 32 heavy (non-hydrogen) atoms. The molecule has 0 aliphatic heterocycles. The largest absolute Gasteiger partial charge is 0.309 e. The predicted molar refractivity (Wildman–Crippen MR) is 140 cm³/mol. The van der Waals surface area contributed by atoms with Gasteiger partial charge in [0.1, 0.15) is 0 Å². The number of halogens is 1. The van der Waals surface area contributed by atoms with Gasteiger partial charge in [-0.2, -0.15) is 0 Å². The molecule has 0 amide bonds. The topological polar surface area (TPSA) is 4.93 Å². The molecule has 0 unspecified atom stereocenters. The maximum absolute atomic E-state index is 3.59. The van der Waals surface area contributed by atoms with Crippen molar-refractivity contribution in [2.75, 3.05) is 0 Å². The number of hydrogen-bond donors (Lipinski definition) is 0. The smallest absolute Gasteiger partial charge is 0.0547 e. The Kier molecular flexibility index (Phi) is 3.76. The highest BCUT2D eigenvalue weighted by Crippen LogP contribution is 2.42. The molecule has 0 N–H and O–H groups in total. The molecule has 7 aromatic rings. The van der Waals surface area contributed by atoms with E-state index in [4.69, 9.17) is 0 Å². The first-order chi connectivity index (χ1) is 15.8. The van der Waals surface area contributed by atoms with Gasteiger partial charge in [-0.15, -0.1) is 0 Å². The van der Waals surface area contributed by atoms with Crippen LogP contribution < -0.4 is 0 Å². The van der Waals surface area contributed by atoms with Crippen LogP contribution in [0.15, 0.2) is 114 Å². The van der Waals surface area contributed by atoms with Gasteiger partial charge in [-0.3, -0.25) is 0 Å². The Morgan fingerprint density at radius 2 is 1.31 bits per heavy atom. The van der Waals surface area contributed by atoms with E-state index in [9.17, 15) is 0 Å². The van der Waals surface area contributed by atoms with Gasteiger partial charge < -0.3 is 4.57 Å². The van der Waals surface area contributed by atoms with Crippen molar-refractivity contribution >= 4 is 59.3 Å². The second-order valence-corrected chi connectivity index (χ2v) is 9.29. The number of para-hydroxylation sites is 1. The second kappa shape index (κ2) is 6.69. The van der Waals surface area contributed by atoms with Gasteiger partial charge in [-0.1, -0.05) is 82.7 Å². The van der Waals surface area contributed by atoms with Crippen LogP contribution in [0.4, 0.5) is 0 Å². The van der Waals surface area contributed by atoms with Crippen molar-refractivity contribution in [1.82, 2.24) is 4.57 Å². The summed E-state index contributed by atoms with van der Waals surface area (Å²) in [4.78, 5) is 0. The van der Waals surface area contributed by atoms with Crippen molar-refractivity contribution in [2.45, 2.75) is 0 Å². The fourth-order valence-corrected chi connectivity index (χ4v) is 5.56. The summed E-state index contributed by atoms with van der Waals surface area (Å²) < 4.78 is 3.50. The van der Waals surface area contributed by atoms with Crippen LogP contribution in [-0.2, 0) is 0 Å². The lowest BCUT2D eigenvalue weighted by atomic mass is 9.93. The zero-order valence-corrected chi connectivity index (χ0v) is 18.8. The van der Waals surface area contributed by atoms with Crippen LogP contribution >= 0.6 is 15.9 Å². The highest BCUT2D eigenvalue weighted by Gasteiger charge is 2.18. The number of nitrogens with zero attached hydrogens (tertiary/aromatic N) is 1. The fraction of sp³-hybridized carbons (Fsp3) is 0. The summed E-state index contributed by atoms with van der Waals surface area (Å²) in [6.45, 7) is 0. The van der Waals surface area contributed by atoms with Crippen molar-refractivity contribution in [3.63, 3.8) is 0 Å². The van der Waals surface area contributed by atoms with E-state index in [2.05, 4.69) is 130 Å². The SMILES string of the molecule is Brc1ccc2cc(-c3ccc4c5c3ccc3cccc(c35)n4-c3ccccc3)ccc2c1. The van der Waals surface area contributed by atoms with E-state index in [0.29, 0.717) is 0 Å². The van der Waals surface area contributed by atoms with E-state index < -0.39 is 0 Å². The minimum Gasteiger partial charge on any atom is -0.309 e. The average molecular weight is 472 g/mol. The van der Waals surface area contributed by atoms with Crippen molar-refractivity contribution < 1.29 is 0 Å². The molecule has 0 fully saturated rings. The highest BCUT2D eigenvalue weighted by atomic mass is 79.9. The zero-order valence-electron chi connectivity index (χ0n) is 17.2. The fourth-order valence-electron chi connectivity index (χ4n) is 5.18. The Bertz CT molecular complexity index is 1780. The molecule has 0 atom stereocenters. The number of hydrogen-bond acceptors (Lipinski definition) is 0. The average Bonchev–Trinajstić information content (AvgIpc) is 3.18. The quantitative estimate of drug-likeness (QED) is 0.221. The van der Waals surface area contributed by atoms with E-state index in [0.717, 1.165) is 4.47 Å². The lowest BCUT2D eigenvalue weighted by Crippen LogP contribution is -1.92. The second-order valence-electron chi connectivity index (χ2n) is 8.37. The summed E-state index contributed by atoms with van der Waals surface area (Å²) in [6, 6.07) is 39.6. The third-order valence-electron chi connectivity index (χ3n) is 6.59. The van der Waals surface area contributed by atoms with Crippen molar-refractivity contribution in [3.8, 4) is 16.8 Å². The van der Waals surface area contributed by atoms with Crippen LogP contribution in [0, 0.1) is 0 Å². The molecule has 0 radical (unpaired) electrons. The molecule has 0 saturated heterocycles. The van der Waals surface area contributed by atoms with Crippen LogP contribution in [0.2, 0.25) is 0 Å². The standard InChI is InChI=1S/C30H18BrN/c31-23-13-11-20-17-22(10-9-21(20)18-23)25-15-16-28-30-26(25)14-12-19-5-4-8-27(29(19)30)32(28)24-6-2-1-3-7-24/h1-18H. The van der Waals surface area contributed by atoms with Crippen molar-refractivity contribution in [3.05, 3.63) is 114 Å². The number of rotatable bonds is 2. The van der Waals surface area contributed by atoms with Gasteiger partial charge in [0, 0.05) is 20.9 Å². The lowest BCUT2D eigenvalue weighted by Gasteiger charge is -2.11. The van der Waals surface area contributed by atoms with E-state index >= 15 is 0 Å². The van der Waals surface area contributed by atoms with E-state index in [1.54, 1.807) is 0 Å². The Morgan fingerprint density at radius 1 is 0.531 bits per heavy atom. The maximum Gasteiger partial charge on any atom is 0.0547 e. The monoisotopic (exact) mass is 471 g/mol. The predicted octanol–water partition coefficient (Wildman–Crippen LogP) is 8.96. The first-order valence-electron chi connectivity index (χ1n) is 10.8. The summed E-state index contributed by atoms with van der Waals surface area (Å²) in [5.41, 5.74) is 6.24. The third-order valence-corrected chi connectivity index (χ3v) is 7.08. The molecule has 0 aliphatic carbocycles. The van der Waals surface area contributed by atoms with Gasteiger partial charge in [0.2, 0.25) is 0 Å². The summed E-state index contributed by atoms with van der Waals surface area (Å²) in [6.07, 6.45) is 0. The van der Waals surface area contributed by atoms with Gasteiger partial charge in [0.25, 0.3) is 0 Å². The minimum atomic E-state index is 1.11. The zero-order chi connectivity index (χ0) is 21.2. The molecule has 0 bridgehead atoms. The Morgan fingerprint density at radius 3 is 2.22 bits per heavy atom.